The lowest BCUT2D eigenvalue weighted by atomic mass is 10.1. The minimum atomic E-state index is 0.558. The third kappa shape index (κ3) is 2.52. The van der Waals surface area contributed by atoms with Gasteiger partial charge in [0.05, 0.1) is 5.69 Å². The van der Waals surface area contributed by atoms with Crippen molar-refractivity contribution in [3.8, 4) is 16.9 Å². The molecule has 1 heterocycles. The summed E-state index contributed by atoms with van der Waals surface area (Å²) in [4.78, 5) is 0. The molecule has 0 saturated heterocycles. The predicted octanol–water partition coefficient (Wildman–Crippen LogP) is 3.39. The van der Waals surface area contributed by atoms with Crippen LogP contribution in [0.5, 0.6) is 0 Å². The summed E-state index contributed by atoms with van der Waals surface area (Å²) >= 11 is 0. The van der Waals surface area contributed by atoms with Crippen LogP contribution in [-0.4, -0.2) is 15.0 Å². The maximum atomic E-state index is 6.21. The van der Waals surface area contributed by atoms with E-state index < -0.39 is 0 Å². The molecule has 0 bridgehead atoms. The van der Waals surface area contributed by atoms with E-state index in [2.05, 4.69) is 36.3 Å². The molecule has 0 unspecified atom stereocenters. The average Bonchev–Trinajstić information content (AvgIpc) is 2.90. The molecule has 0 aliphatic carbocycles. The number of nitrogen functional groups attached to an aromatic ring is 1. The second-order valence-corrected chi connectivity index (χ2v) is 5.12. The topological polar surface area (TPSA) is 56.7 Å². The molecule has 3 rings (SSSR count). The van der Waals surface area contributed by atoms with Crippen LogP contribution < -0.4 is 5.73 Å². The van der Waals surface area contributed by atoms with E-state index in [1.54, 1.807) is 4.68 Å². The van der Waals surface area contributed by atoms with Gasteiger partial charge in [-0.3, -0.25) is 0 Å². The molecule has 0 saturated carbocycles. The molecule has 0 spiro atoms. The lowest BCUT2D eigenvalue weighted by Crippen LogP contribution is -2.02. The van der Waals surface area contributed by atoms with Gasteiger partial charge in [0.2, 0.25) is 0 Å². The highest BCUT2D eigenvalue weighted by molar-refractivity contribution is 5.71. The molecule has 0 fully saturated rings. The highest BCUT2D eigenvalue weighted by atomic mass is 15.5. The number of nitrogens with two attached hydrogens (primary N) is 1. The molecular formula is C17H18N4. The van der Waals surface area contributed by atoms with Gasteiger partial charge in [0, 0.05) is 5.56 Å². The van der Waals surface area contributed by atoms with Crippen molar-refractivity contribution < 1.29 is 0 Å². The second kappa shape index (κ2) is 5.40. The molecule has 0 aliphatic heterocycles. The van der Waals surface area contributed by atoms with Gasteiger partial charge in [-0.1, -0.05) is 54.1 Å². The summed E-state index contributed by atoms with van der Waals surface area (Å²) in [5.41, 5.74) is 11.3. The Labute approximate surface area is 124 Å². The number of rotatable bonds is 3. The van der Waals surface area contributed by atoms with E-state index in [0.717, 1.165) is 23.4 Å². The van der Waals surface area contributed by atoms with Crippen molar-refractivity contribution in [1.29, 1.82) is 0 Å². The Morgan fingerprint density at radius 1 is 1.00 bits per heavy atom. The maximum Gasteiger partial charge on any atom is 0.155 e. The van der Waals surface area contributed by atoms with Crippen molar-refractivity contribution in [2.24, 2.45) is 0 Å². The molecule has 1 aromatic heterocycles. The van der Waals surface area contributed by atoms with Gasteiger partial charge in [0.1, 0.15) is 5.69 Å². The van der Waals surface area contributed by atoms with Gasteiger partial charge < -0.3 is 5.73 Å². The number of benzene rings is 2. The van der Waals surface area contributed by atoms with Crippen molar-refractivity contribution in [3.63, 3.8) is 0 Å². The molecule has 0 aliphatic rings. The fourth-order valence-electron chi connectivity index (χ4n) is 2.27. The van der Waals surface area contributed by atoms with Gasteiger partial charge in [-0.2, -0.15) is 4.68 Å². The van der Waals surface area contributed by atoms with Crippen LogP contribution in [0.25, 0.3) is 16.9 Å². The molecule has 21 heavy (non-hydrogen) atoms. The van der Waals surface area contributed by atoms with Crippen LogP contribution in [0.3, 0.4) is 0 Å². The van der Waals surface area contributed by atoms with E-state index in [1.807, 2.05) is 36.4 Å². The number of aromatic nitrogens is 3. The molecule has 2 N–H and O–H groups in total. The molecule has 2 aromatic carbocycles. The van der Waals surface area contributed by atoms with E-state index in [4.69, 9.17) is 5.73 Å². The van der Waals surface area contributed by atoms with Crippen LogP contribution in [-0.2, 0) is 6.42 Å². The molecular weight excluding hydrogens is 260 g/mol. The Morgan fingerprint density at radius 3 is 2.29 bits per heavy atom. The van der Waals surface area contributed by atoms with Gasteiger partial charge in [-0.15, -0.1) is 5.10 Å². The molecule has 106 valence electrons. The standard InChI is InChI=1S/C17H18N4/c1-3-13-6-8-14(9-7-13)16-17(18)21(20-19-16)15-10-4-12(2)5-11-15/h4-11H,3,18H2,1-2H3. The molecule has 4 nitrogen and oxygen atoms in total. The first-order chi connectivity index (χ1) is 10.2. The normalized spacial score (nSPS) is 10.8. The molecule has 0 atom stereocenters. The summed E-state index contributed by atoms with van der Waals surface area (Å²) in [5.74, 6) is 0.558. The fraction of sp³-hybridized carbons (Fsp3) is 0.176. The van der Waals surface area contributed by atoms with Crippen LogP contribution in [0.15, 0.2) is 48.5 Å². The van der Waals surface area contributed by atoms with Crippen molar-refractivity contribution in [2.75, 3.05) is 5.73 Å². The third-order valence-corrected chi connectivity index (χ3v) is 3.62. The largest absolute Gasteiger partial charge is 0.382 e. The first-order valence-electron chi connectivity index (χ1n) is 7.06. The monoisotopic (exact) mass is 278 g/mol. The van der Waals surface area contributed by atoms with Crippen molar-refractivity contribution >= 4 is 5.82 Å². The maximum absolute atomic E-state index is 6.21. The number of anilines is 1. The summed E-state index contributed by atoms with van der Waals surface area (Å²) in [6.07, 6.45) is 1.02. The average molecular weight is 278 g/mol. The summed E-state index contributed by atoms with van der Waals surface area (Å²) < 4.78 is 1.67. The van der Waals surface area contributed by atoms with Crippen LogP contribution in [0.4, 0.5) is 5.82 Å². The first-order valence-corrected chi connectivity index (χ1v) is 7.06. The van der Waals surface area contributed by atoms with Gasteiger partial charge in [0.15, 0.2) is 5.82 Å². The summed E-state index contributed by atoms with van der Waals surface area (Å²) in [6.45, 7) is 4.19. The molecule has 0 amide bonds. The van der Waals surface area contributed by atoms with E-state index >= 15 is 0 Å². The fourth-order valence-corrected chi connectivity index (χ4v) is 2.27. The molecule has 4 heteroatoms. The minimum absolute atomic E-state index is 0.558. The molecule has 0 radical (unpaired) electrons. The van der Waals surface area contributed by atoms with Crippen molar-refractivity contribution in [1.82, 2.24) is 15.0 Å². The minimum Gasteiger partial charge on any atom is -0.382 e. The highest BCUT2D eigenvalue weighted by Crippen LogP contribution is 2.25. The number of nitrogens with zero attached hydrogens (tertiary/aromatic N) is 3. The van der Waals surface area contributed by atoms with Crippen molar-refractivity contribution in [3.05, 3.63) is 59.7 Å². The van der Waals surface area contributed by atoms with Gasteiger partial charge in [-0.05, 0) is 31.0 Å². The van der Waals surface area contributed by atoms with Gasteiger partial charge in [-0.25, -0.2) is 0 Å². The first kappa shape index (κ1) is 13.4. The summed E-state index contributed by atoms with van der Waals surface area (Å²) in [7, 11) is 0. The van der Waals surface area contributed by atoms with E-state index in [1.165, 1.54) is 11.1 Å². The summed E-state index contributed by atoms with van der Waals surface area (Å²) in [5, 5.41) is 8.40. The van der Waals surface area contributed by atoms with E-state index in [-0.39, 0.29) is 0 Å². The Bertz CT molecular complexity index is 739. The SMILES string of the molecule is CCc1ccc(-c2nnn(-c3ccc(C)cc3)c2N)cc1. The number of aryl methyl sites for hydroxylation is 2. The zero-order valence-electron chi connectivity index (χ0n) is 12.2. The van der Waals surface area contributed by atoms with Crippen LogP contribution in [0.2, 0.25) is 0 Å². The zero-order chi connectivity index (χ0) is 14.8. The van der Waals surface area contributed by atoms with Gasteiger partial charge >= 0.3 is 0 Å². The van der Waals surface area contributed by atoms with Gasteiger partial charge in [0.25, 0.3) is 0 Å². The second-order valence-electron chi connectivity index (χ2n) is 5.12. The highest BCUT2D eigenvalue weighted by Gasteiger charge is 2.12. The third-order valence-electron chi connectivity index (χ3n) is 3.62. The smallest absolute Gasteiger partial charge is 0.155 e. The van der Waals surface area contributed by atoms with Crippen LogP contribution in [0, 0.1) is 6.92 Å². The van der Waals surface area contributed by atoms with E-state index in [0.29, 0.717) is 5.82 Å². The number of hydrogen-bond acceptors (Lipinski definition) is 3. The molecule has 3 aromatic rings. The predicted molar refractivity (Wildman–Crippen MR) is 85.3 cm³/mol. The Morgan fingerprint density at radius 2 is 1.67 bits per heavy atom. The quantitative estimate of drug-likeness (QED) is 0.799. The van der Waals surface area contributed by atoms with Crippen LogP contribution >= 0.6 is 0 Å². The van der Waals surface area contributed by atoms with Crippen LogP contribution in [0.1, 0.15) is 18.1 Å². The van der Waals surface area contributed by atoms with Crippen molar-refractivity contribution in [2.45, 2.75) is 20.3 Å². The Hall–Kier alpha value is -2.62. The Kier molecular flexibility index (Phi) is 3.44. The Balaban J connectivity index is 2.00. The number of hydrogen-bond donors (Lipinski definition) is 1. The summed E-state index contributed by atoms with van der Waals surface area (Å²) in [6, 6.07) is 16.3. The van der Waals surface area contributed by atoms with E-state index in [9.17, 15) is 0 Å². The zero-order valence-corrected chi connectivity index (χ0v) is 12.2. The lowest BCUT2D eigenvalue weighted by molar-refractivity contribution is 0.810. The lowest BCUT2D eigenvalue weighted by Gasteiger charge is -2.04.